The van der Waals surface area contributed by atoms with Crippen molar-refractivity contribution in [3.8, 4) is 0 Å². The van der Waals surface area contributed by atoms with Crippen molar-refractivity contribution in [2.24, 2.45) is 5.73 Å². The lowest BCUT2D eigenvalue weighted by molar-refractivity contribution is 0.0600. The number of methoxy groups -OCH3 is 1. The van der Waals surface area contributed by atoms with Gasteiger partial charge in [0.1, 0.15) is 0 Å². The van der Waals surface area contributed by atoms with Crippen molar-refractivity contribution < 1.29 is 9.53 Å². The highest BCUT2D eigenvalue weighted by Gasteiger charge is 2.06. The van der Waals surface area contributed by atoms with Crippen LogP contribution in [0.1, 0.15) is 29.0 Å². The van der Waals surface area contributed by atoms with Gasteiger partial charge in [-0.1, -0.05) is 0 Å². The summed E-state index contributed by atoms with van der Waals surface area (Å²) in [5.74, 6) is -0.385. The number of carbonyl (C=O) groups is 1. The van der Waals surface area contributed by atoms with Gasteiger partial charge >= 0.3 is 5.97 Å². The van der Waals surface area contributed by atoms with E-state index in [4.69, 9.17) is 5.73 Å². The Kier molecular flexibility index (Phi) is 2.97. The first-order chi connectivity index (χ1) is 6.15. The van der Waals surface area contributed by atoms with Gasteiger partial charge in [-0.15, -0.1) is 0 Å². The van der Waals surface area contributed by atoms with Crippen molar-refractivity contribution in [2.75, 3.05) is 7.11 Å². The average molecular weight is 180 g/mol. The number of nitrogens with zero attached hydrogens (tertiary/aromatic N) is 1. The van der Waals surface area contributed by atoms with Gasteiger partial charge < -0.3 is 10.5 Å². The summed E-state index contributed by atoms with van der Waals surface area (Å²) in [6.07, 6.45) is 1.46. The summed E-state index contributed by atoms with van der Waals surface area (Å²) in [6, 6.07) is 3.25. The quantitative estimate of drug-likeness (QED) is 0.686. The van der Waals surface area contributed by atoms with Crippen molar-refractivity contribution in [3.05, 3.63) is 29.6 Å². The van der Waals surface area contributed by atoms with Crippen LogP contribution >= 0.6 is 0 Å². The Morgan fingerprint density at radius 3 is 2.69 bits per heavy atom. The molecule has 0 aliphatic heterocycles. The Morgan fingerprint density at radius 1 is 1.62 bits per heavy atom. The fourth-order valence-electron chi connectivity index (χ4n) is 0.913. The molecule has 1 heterocycles. The van der Waals surface area contributed by atoms with Gasteiger partial charge in [0.2, 0.25) is 0 Å². The van der Waals surface area contributed by atoms with E-state index in [0.29, 0.717) is 5.56 Å². The largest absolute Gasteiger partial charge is 0.465 e. The van der Waals surface area contributed by atoms with E-state index in [9.17, 15) is 4.79 Å². The summed E-state index contributed by atoms with van der Waals surface area (Å²) >= 11 is 0. The predicted molar refractivity (Wildman–Crippen MR) is 48.2 cm³/mol. The number of esters is 1. The molecule has 0 saturated carbocycles. The van der Waals surface area contributed by atoms with Crippen LogP contribution in [0.5, 0.6) is 0 Å². The lowest BCUT2D eigenvalue weighted by Crippen LogP contribution is -2.08. The number of hydrogen-bond acceptors (Lipinski definition) is 4. The van der Waals surface area contributed by atoms with Gasteiger partial charge in [0.15, 0.2) is 0 Å². The van der Waals surface area contributed by atoms with Crippen LogP contribution < -0.4 is 5.73 Å². The summed E-state index contributed by atoms with van der Waals surface area (Å²) in [6.45, 7) is 1.83. The number of hydrogen-bond donors (Lipinski definition) is 1. The van der Waals surface area contributed by atoms with E-state index in [1.165, 1.54) is 13.3 Å². The first-order valence-electron chi connectivity index (χ1n) is 3.95. The zero-order valence-corrected chi connectivity index (χ0v) is 7.65. The molecule has 0 saturated heterocycles. The summed E-state index contributed by atoms with van der Waals surface area (Å²) in [5.41, 5.74) is 6.79. The maximum absolute atomic E-state index is 11.0. The van der Waals surface area contributed by atoms with E-state index < -0.39 is 0 Å². The lowest BCUT2D eigenvalue weighted by Gasteiger charge is -2.04. The van der Waals surface area contributed by atoms with Crippen molar-refractivity contribution >= 4 is 5.97 Å². The van der Waals surface area contributed by atoms with Gasteiger partial charge in [0, 0.05) is 12.2 Å². The van der Waals surface area contributed by atoms with Gasteiger partial charge in [0.05, 0.1) is 18.4 Å². The molecule has 0 aromatic carbocycles. The maximum atomic E-state index is 11.0. The third-order valence-corrected chi connectivity index (χ3v) is 1.67. The molecule has 4 heteroatoms. The standard InChI is InChI=1S/C9H12N2O2/c1-6(10)8-4-3-7(5-11-8)9(12)13-2/h3-6H,10H2,1-2H3/t6-/m0/s1. The Morgan fingerprint density at radius 2 is 2.31 bits per heavy atom. The van der Waals surface area contributed by atoms with Crippen LogP contribution in [0.4, 0.5) is 0 Å². The van der Waals surface area contributed by atoms with E-state index in [1.807, 2.05) is 6.92 Å². The van der Waals surface area contributed by atoms with Crippen LogP contribution in [0.15, 0.2) is 18.3 Å². The Hall–Kier alpha value is -1.42. The number of carbonyl (C=O) groups excluding carboxylic acids is 1. The molecule has 13 heavy (non-hydrogen) atoms. The van der Waals surface area contributed by atoms with Crippen LogP contribution in [-0.4, -0.2) is 18.1 Å². The van der Waals surface area contributed by atoms with Crippen molar-refractivity contribution in [1.29, 1.82) is 0 Å². The zero-order chi connectivity index (χ0) is 9.84. The van der Waals surface area contributed by atoms with E-state index in [-0.39, 0.29) is 12.0 Å². The highest BCUT2D eigenvalue weighted by molar-refractivity contribution is 5.88. The van der Waals surface area contributed by atoms with Crippen LogP contribution in [0, 0.1) is 0 Å². The summed E-state index contributed by atoms with van der Waals surface area (Å²) in [7, 11) is 1.34. The van der Waals surface area contributed by atoms with E-state index in [2.05, 4.69) is 9.72 Å². The minimum absolute atomic E-state index is 0.119. The molecule has 1 aromatic rings. The summed E-state index contributed by atoms with van der Waals surface area (Å²) in [4.78, 5) is 15.0. The number of nitrogens with two attached hydrogens (primary N) is 1. The number of rotatable bonds is 2. The first kappa shape index (κ1) is 9.67. The van der Waals surface area contributed by atoms with E-state index in [1.54, 1.807) is 12.1 Å². The second kappa shape index (κ2) is 4.00. The van der Waals surface area contributed by atoms with Crippen molar-refractivity contribution in [3.63, 3.8) is 0 Å². The number of pyridine rings is 1. The van der Waals surface area contributed by atoms with Gasteiger partial charge in [-0.05, 0) is 19.1 Å². The molecule has 0 aliphatic rings. The molecule has 0 fully saturated rings. The third-order valence-electron chi connectivity index (χ3n) is 1.67. The maximum Gasteiger partial charge on any atom is 0.339 e. The van der Waals surface area contributed by atoms with Crippen LogP contribution in [0.25, 0.3) is 0 Å². The van der Waals surface area contributed by atoms with E-state index >= 15 is 0 Å². The molecule has 2 N–H and O–H groups in total. The van der Waals surface area contributed by atoms with Crippen LogP contribution in [-0.2, 0) is 4.74 Å². The zero-order valence-electron chi connectivity index (χ0n) is 7.65. The first-order valence-corrected chi connectivity index (χ1v) is 3.95. The SMILES string of the molecule is COC(=O)c1ccc([C@H](C)N)nc1. The highest BCUT2D eigenvalue weighted by Crippen LogP contribution is 2.07. The van der Waals surface area contributed by atoms with Crippen LogP contribution in [0.3, 0.4) is 0 Å². The number of ether oxygens (including phenoxy) is 1. The highest BCUT2D eigenvalue weighted by atomic mass is 16.5. The topological polar surface area (TPSA) is 65.2 Å². The van der Waals surface area contributed by atoms with Crippen molar-refractivity contribution in [1.82, 2.24) is 4.98 Å². The lowest BCUT2D eigenvalue weighted by atomic mass is 10.2. The van der Waals surface area contributed by atoms with E-state index in [0.717, 1.165) is 5.69 Å². The molecule has 0 bridgehead atoms. The Labute approximate surface area is 76.7 Å². The Balaban J connectivity index is 2.87. The molecule has 1 rings (SSSR count). The molecule has 0 unspecified atom stereocenters. The molecular formula is C9H12N2O2. The number of aromatic nitrogens is 1. The molecule has 1 atom stereocenters. The van der Waals surface area contributed by atoms with Gasteiger partial charge in [0.25, 0.3) is 0 Å². The fourth-order valence-corrected chi connectivity index (χ4v) is 0.913. The van der Waals surface area contributed by atoms with Crippen molar-refractivity contribution in [2.45, 2.75) is 13.0 Å². The molecule has 0 amide bonds. The smallest absolute Gasteiger partial charge is 0.339 e. The molecule has 1 aromatic heterocycles. The van der Waals surface area contributed by atoms with Gasteiger partial charge in [-0.3, -0.25) is 4.98 Å². The summed E-state index contributed by atoms with van der Waals surface area (Å²) < 4.78 is 4.53. The normalized spacial score (nSPS) is 12.2. The molecular weight excluding hydrogens is 168 g/mol. The fraction of sp³-hybridized carbons (Fsp3) is 0.333. The predicted octanol–water partition coefficient (Wildman–Crippen LogP) is 0.888. The van der Waals surface area contributed by atoms with Crippen LogP contribution in [0.2, 0.25) is 0 Å². The minimum Gasteiger partial charge on any atom is -0.465 e. The summed E-state index contributed by atoms with van der Waals surface area (Å²) in [5, 5.41) is 0. The van der Waals surface area contributed by atoms with Gasteiger partial charge in [-0.25, -0.2) is 4.79 Å². The molecule has 4 nitrogen and oxygen atoms in total. The molecule has 0 spiro atoms. The average Bonchev–Trinajstić information content (AvgIpc) is 2.17. The molecule has 0 radical (unpaired) electrons. The second-order valence-corrected chi connectivity index (χ2v) is 2.75. The third kappa shape index (κ3) is 2.26. The Bertz CT molecular complexity index is 293. The molecule has 70 valence electrons. The second-order valence-electron chi connectivity index (χ2n) is 2.75. The van der Waals surface area contributed by atoms with Gasteiger partial charge in [-0.2, -0.15) is 0 Å². The minimum atomic E-state index is -0.385. The monoisotopic (exact) mass is 180 g/mol. The molecule has 0 aliphatic carbocycles.